The van der Waals surface area contributed by atoms with Crippen molar-refractivity contribution in [3.8, 4) is 0 Å². The van der Waals surface area contributed by atoms with Gasteiger partial charge >= 0.3 is 5.97 Å². The van der Waals surface area contributed by atoms with E-state index < -0.39 is 0 Å². The first-order chi connectivity index (χ1) is 11.9. The Kier molecular flexibility index (Phi) is 4.85. The van der Waals surface area contributed by atoms with Gasteiger partial charge in [0.15, 0.2) is 0 Å². The van der Waals surface area contributed by atoms with Crippen LogP contribution in [0.2, 0.25) is 0 Å². The van der Waals surface area contributed by atoms with E-state index in [-0.39, 0.29) is 29.8 Å². The Morgan fingerprint density at radius 3 is 2.60 bits per heavy atom. The molecule has 0 amide bonds. The molecule has 0 aliphatic heterocycles. The van der Waals surface area contributed by atoms with Gasteiger partial charge in [-0.25, -0.2) is 0 Å². The second kappa shape index (κ2) is 6.91. The molecule has 0 N–H and O–H groups in total. The molecule has 0 saturated heterocycles. The normalized spacial score (nSPS) is 20.8. The molecule has 1 aromatic heterocycles. The molecule has 3 rings (SSSR count). The van der Waals surface area contributed by atoms with Crippen LogP contribution in [0.5, 0.6) is 0 Å². The molecule has 3 heteroatoms. The number of carbonyl (C=O) groups excluding carboxylic acids is 1. The van der Waals surface area contributed by atoms with E-state index in [0.29, 0.717) is 5.76 Å². The van der Waals surface area contributed by atoms with Gasteiger partial charge in [0.1, 0.15) is 12.4 Å². The number of ether oxygens (including phenoxy) is 1. The Balaban J connectivity index is 1.54. The molecule has 0 bridgehead atoms. The summed E-state index contributed by atoms with van der Waals surface area (Å²) in [6.07, 6.45) is 4.73. The highest BCUT2D eigenvalue weighted by Gasteiger charge is 2.61. The van der Waals surface area contributed by atoms with E-state index in [2.05, 4.69) is 45.9 Å². The largest absolute Gasteiger partial charge is 0.465 e. The molecule has 0 spiro atoms. The van der Waals surface area contributed by atoms with Crippen molar-refractivity contribution in [2.75, 3.05) is 0 Å². The SMILES string of the molecule is CC(C)=C[C@@H]1[C@@H](C(=O)OCc2cc(Cc3ccccc3)co2)C1(C)C. The van der Waals surface area contributed by atoms with Gasteiger partial charge in [-0.3, -0.25) is 4.79 Å². The molecular weight excluding hydrogens is 312 g/mol. The Morgan fingerprint density at radius 2 is 1.92 bits per heavy atom. The van der Waals surface area contributed by atoms with Crippen LogP contribution in [0.3, 0.4) is 0 Å². The van der Waals surface area contributed by atoms with Crippen LogP contribution in [0, 0.1) is 17.3 Å². The maximum absolute atomic E-state index is 12.4. The second-order valence-electron chi connectivity index (χ2n) is 7.76. The highest BCUT2D eigenvalue weighted by Crippen LogP contribution is 2.59. The van der Waals surface area contributed by atoms with Gasteiger partial charge in [-0.05, 0) is 42.4 Å². The van der Waals surface area contributed by atoms with Crippen molar-refractivity contribution >= 4 is 5.97 Å². The third-order valence-electron chi connectivity index (χ3n) is 4.99. The highest BCUT2D eigenvalue weighted by molar-refractivity contribution is 5.78. The first kappa shape index (κ1) is 17.5. The van der Waals surface area contributed by atoms with Crippen molar-refractivity contribution in [1.82, 2.24) is 0 Å². The van der Waals surface area contributed by atoms with E-state index in [4.69, 9.17) is 9.15 Å². The van der Waals surface area contributed by atoms with Crippen LogP contribution in [-0.4, -0.2) is 5.97 Å². The monoisotopic (exact) mass is 338 g/mol. The standard InChI is InChI=1S/C22H26O3/c1-15(2)10-19-20(22(19,3)4)21(23)25-14-18-12-17(13-24-18)11-16-8-6-5-7-9-16/h5-10,12-13,19-20H,11,14H2,1-4H3/t19-,20+/m1/s1. The van der Waals surface area contributed by atoms with Crippen LogP contribution < -0.4 is 0 Å². The van der Waals surface area contributed by atoms with Gasteiger partial charge in [-0.15, -0.1) is 0 Å². The van der Waals surface area contributed by atoms with E-state index in [1.807, 2.05) is 24.3 Å². The van der Waals surface area contributed by atoms with Crippen molar-refractivity contribution < 1.29 is 13.9 Å². The third kappa shape index (κ3) is 4.04. The van der Waals surface area contributed by atoms with Crippen molar-refractivity contribution in [1.29, 1.82) is 0 Å². The lowest BCUT2D eigenvalue weighted by atomic mass is 10.1. The second-order valence-corrected chi connectivity index (χ2v) is 7.76. The Hall–Kier alpha value is -2.29. The van der Waals surface area contributed by atoms with Crippen molar-refractivity contribution in [3.05, 3.63) is 71.2 Å². The topological polar surface area (TPSA) is 39.4 Å². The van der Waals surface area contributed by atoms with Crippen LogP contribution in [0.15, 0.2) is 58.7 Å². The summed E-state index contributed by atoms with van der Waals surface area (Å²) in [5, 5.41) is 0. The Morgan fingerprint density at radius 1 is 1.20 bits per heavy atom. The number of rotatable bonds is 6. The molecule has 1 fully saturated rings. The van der Waals surface area contributed by atoms with E-state index in [0.717, 1.165) is 12.0 Å². The lowest BCUT2D eigenvalue weighted by Gasteiger charge is -2.03. The molecule has 25 heavy (non-hydrogen) atoms. The van der Waals surface area contributed by atoms with Crippen LogP contribution >= 0.6 is 0 Å². The number of benzene rings is 1. The quantitative estimate of drug-likeness (QED) is 0.540. The molecule has 1 aliphatic carbocycles. The summed E-state index contributed by atoms with van der Waals surface area (Å²) in [5.74, 6) is 0.779. The van der Waals surface area contributed by atoms with E-state index >= 15 is 0 Å². The maximum Gasteiger partial charge on any atom is 0.310 e. The smallest absolute Gasteiger partial charge is 0.310 e. The summed E-state index contributed by atoms with van der Waals surface area (Å²) >= 11 is 0. The van der Waals surface area contributed by atoms with Gasteiger partial charge in [0.05, 0.1) is 12.2 Å². The summed E-state index contributed by atoms with van der Waals surface area (Å²) in [6, 6.07) is 12.2. The lowest BCUT2D eigenvalue weighted by Crippen LogP contribution is -2.10. The van der Waals surface area contributed by atoms with Crippen LogP contribution in [-0.2, 0) is 22.6 Å². The minimum absolute atomic E-state index is 0.0179. The van der Waals surface area contributed by atoms with Gasteiger partial charge in [-0.1, -0.05) is 55.8 Å². The molecule has 3 nitrogen and oxygen atoms in total. The molecule has 1 saturated carbocycles. The summed E-state index contributed by atoms with van der Waals surface area (Å²) in [6.45, 7) is 8.56. The fraction of sp³-hybridized carbons (Fsp3) is 0.409. The van der Waals surface area contributed by atoms with Crippen LogP contribution in [0.1, 0.15) is 44.6 Å². The predicted octanol–water partition coefficient (Wildman–Crippen LogP) is 5.15. The maximum atomic E-state index is 12.4. The number of hydrogen-bond acceptors (Lipinski definition) is 3. The molecule has 2 atom stereocenters. The number of furan rings is 1. The minimum Gasteiger partial charge on any atom is -0.465 e. The number of carbonyl (C=O) groups is 1. The minimum atomic E-state index is -0.131. The zero-order valence-corrected chi connectivity index (χ0v) is 15.4. The highest BCUT2D eigenvalue weighted by atomic mass is 16.5. The Bertz CT molecular complexity index is 764. The summed E-state index contributed by atoms with van der Waals surface area (Å²) < 4.78 is 11.0. The van der Waals surface area contributed by atoms with Gasteiger partial charge in [-0.2, -0.15) is 0 Å². The zero-order chi connectivity index (χ0) is 18.0. The number of hydrogen-bond donors (Lipinski definition) is 0. The van der Waals surface area contributed by atoms with Crippen molar-refractivity contribution in [2.45, 2.75) is 40.7 Å². The zero-order valence-electron chi connectivity index (χ0n) is 15.4. The average Bonchev–Trinajstić information content (AvgIpc) is 2.90. The number of esters is 1. The molecule has 1 aromatic carbocycles. The fourth-order valence-electron chi connectivity index (χ4n) is 3.46. The first-order valence-electron chi connectivity index (χ1n) is 8.80. The summed E-state index contributed by atoms with van der Waals surface area (Å²) in [7, 11) is 0. The number of allylic oxidation sites excluding steroid dienone is 2. The Labute approximate surface area is 149 Å². The molecule has 1 aliphatic rings. The molecule has 0 unspecified atom stereocenters. The lowest BCUT2D eigenvalue weighted by molar-refractivity contribution is -0.148. The van der Waals surface area contributed by atoms with Gasteiger partial charge in [0, 0.05) is 6.42 Å². The van der Waals surface area contributed by atoms with E-state index in [9.17, 15) is 4.79 Å². The van der Waals surface area contributed by atoms with E-state index in [1.165, 1.54) is 11.1 Å². The van der Waals surface area contributed by atoms with Gasteiger partial charge in [0.25, 0.3) is 0 Å². The predicted molar refractivity (Wildman–Crippen MR) is 97.9 cm³/mol. The first-order valence-corrected chi connectivity index (χ1v) is 8.80. The van der Waals surface area contributed by atoms with Gasteiger partial charge in [0.2, 0.25) is 0 Å². The van der Waals surface area contributed by atoms with Crippen molar-refractivity contribution in [2.24, 2.45) is 17.3 Å². The molecule has 132 valence electrons. The summed E-state index contributed by atoms with van der Waals surface area (Å²) in [4.78, 5) is 12.4. The van der Waals surface area contributed by atoms with Crippen LogP contribution in [0.4, 0.5) is 0 Å². The summed E-state index contributed by atoms with van der Waals surface area (Å²) in [5.41, 5.74) is 3.54. The fourth-order valence-corrected chi connectivity index (χ4v) is 3.46. The van der Waals surface area contributed by atoms with E-state index in [1.54, 1.807) is 6.26 Å². The molecule has 2 aromatic rings. The van der Waals surface area contributed by atoms with Crippen molar-refractivity contribution in [3.63, 3.8) is 0 Å². The molecular formula is C22H26O3. The van der Waals surface area contributed by atoms with Crippen LogP contribution in [0.25, 0.3) is 0 Å². The average molecular weight is 338 g/mol. The molecule has 0 radical (unpaired) electrons. The van der Waals surface area contributed by atoms with Gasteiger partial charge < -0.3 is 9.15 Å². The molecule has 1 heterocycles. The third-order valence-corrected chi connectivity index (χ3v) is 4.99.